The molecule has 1 aliphatic heterocycles. The third-order valence-corrected chi connectivity index (χ3v) is 5.24. The molecule has 1 aliphatic rings. The van der Waals surface area contributed by atoms with Crippen LogP contribution in [0.25, 0.3) is 33.6 Å². The van der Waals surface area contributed by atoms with Crippen molar-refractivity contribution in [3.8, 4) is 11.4 Å². The zero-order valence-electron chi connectivity index (χ0n) is 16.2. The summed E-state index contributed by atoms with van der Waals surface area (Å²) in [6.07, 6.45) is 6.75. The summed E-state index contributed by atoms with van der Waals surface area (Å²) in [5.41, 5.74) is 6.93. The fourth-order valence-electron chi connectivity index (χ4n) is 3.84. The van der Waals surface area contributed by atoms with Crippen molar-refractivity contribution >= 4 is 34.7 Å². The van der Waals surface area contributed by atoms with Crippen LogP contribution < -0.4 is 10.9 Å². The van der Waals surface area contributed by atoms with E-state index in [1.807, 2.05) is 38.4 Å². The Kier molecular flexibility index (Phi) is 4.94. The fraction of sp³-hybridized carbons (Fsp3) is 0.238. The lowest BCUT2D eigenvalue weighted by atomic mass is 10.0. The van der Waals surface area contributed by atoms with Crippen molar-refractivity contribution in [1.82, 2.24) is 29.5 Å². The molecule has 0 radical (unpaired) electrons. The third-order valence-electron chi connectivity index (χ3n) is 5.24. The third kappa shape index (κ3) is 3.32. The predicted molar refractivity (Wildman–Crippen MR) is 116 cm³/mol. The minimum absolute atomic E-state index is 0. The molecule has 7 nitrogen and oxygen atoms in total. The highest BCUT2D eigenvalue weighted by Crippen LogP contribution is 2.23. The van der Waals surface area contributed by atoms with Crippen molar-refractivity contribution in [3.63, 3.8) is 0 Å². The molecule has 0 saturated carbocycles. The normalized spacial score (nSPS) is 14.1. The van der Waals surface area contributed by atoms with Gasteiger partial charge in [0.15, 0.2) is 0 Å². The number of fused-ring (bicyclic) bond motifs is 2. The van der Waals surface area contributed by atoms with Gasteiger partial charge in [-0.15, -0.1) is 12.4 Å². The van der Waals surface area contributed by atoms with E-state index >= 15 is 0 Å². The number of nitrogens with one attached hydrogen (secondary N) is 1. The molecule has 0 saturated heterocycles. The van der Waals surface area contributed by atoms with E-state index in [0.29, 0.717) is 17.0 Å². The van der Waals surface area contributed by atoms with Gasteiger partial charge in [0.2, 0.25) is 0 Å². The van der Waals surface area contributed by atoms with E-state index in [-0.39, 0.29) is 18.0 Å². The van der Waals surface area contributed by atoms with Crippen LogP contribution in [0.3, 0.4) is 0 Å². The Hall–Kier alpha value is -3.03. The van der Waals surface area contributed by atoms with Gasteiger partial charge in [-0.1, -0.05) is 6.08 Å². The summed E-state index contributed by atoms with van der Waals surface area (Å²) < 4.78 is 3.41. The monoisotopic (exact) mass is 408 g/mol. The Bertz CT molecular complexity index is 1320. The first kappa shape index (κ1) is 19.3. The lowest BCUT2D eigenvalue weighted by molar-refractivity contribution is 0.738. The highest BCUT2D eigenvalue weighted by atomic mass is 35.5. The summed E-state index contributed by atoms with van der Waals surface area (Å²) >= 11 is 0. The van der Waals surface area contributed by atoms with Gasteiger partial charge in [0.25, 0.3) is 5.56 Å². The van der Waals surface area contributed by atoms with Gasteiger partial charge in [0.05, 0.1) is 23.1 Å². The maximum atomic E-state index is 12.8. The van der Waals surface area contributed by atoms with Gasteiger partial charge in [0, 0.05) is 25.9 Å². The van der Waals surface area contributed by atoms with Crippen LogP contribution >= 0.6 is 12.4 Å². The molecular formula is C21H21ClN6O. The Morgan fingerprint density at radius 3 is 2.76 bits per heavy atom. The molecular weight excluding hydrogens is 388 g/mol. The molecule has 0 spiro atoms. The molecule has 8 heteroatoms. The van der Waals surface area contributed by atoms with Gasteiger partial charge >= 0.3 is 0 Å². The van der Waals surface area contributed by atoms with Crippen LogP contribution in [0.1, 0.15) is 17.5 Å². The number of hydrogen-bond donors (Lipinski definition) is 1. The molecule has 0 amide bonds. The molecule has 0 atom stereocenters. The maximum absolute atomic E-state index is 12.8. The van der Waals surface area contributed by atoms with Crippen LogP contribution in [0, 0.1) is 6.92 Å². The smallest absolute Gasteiger partial charge is 0.258 e. The minimum atomic E-state index is -0.109. The van der Waals surface area contributed by atoms with E-state index in [2.05, 4.69) is 26.5 Å². The van der Waals surface area contributed by atoms with Crippen LogP contribution in [0.5, 0.6) is 0 Å². The summed E-state index contributed by atoms with van der Waals surface area (Å²) in [7, 11) is 1.90. The average molecular weight is 409 g/mol. The Labute approximate surface area is 173 Å². The van der Waals surface area contributed by atoms with Gasteiger partial charge in [0.1, 0.15) is 11.2 Å². The first-order valence-electron chi connectivity index (χ1n) is 9.33. The molecule has 0 aliphatic carbocycles. The summed E-state index contributed by atoms with van der Waals surface area (Å²) in [6, 6.07) is 7.44. The minimum Gasteiger partial charge on any atom is -0.313 e. The van der Waals surface area contributed by atoms with E-state index < -0.39 is 0 Å². The molecule has 4 aromatic heterocycles. The van der Waals surface area contributed by atoms with Crippen LogP contribution in [-0.4, -0.2) is 37.2 Å². The number of aromatic nitrogens is 5. The summed E-state index contributed by atoms with van der Waals surface area (Å²) in [5.74, 6) is 0. The van der Waals surface area contributed by atoms with Crippen molar-refractivity contribution < 1.29 is 0 Å². The fourth-order valence-corrected chi connectivity index (χ4v) is 3.84. The number of pyridine rings is 2. The van der Waals surface area contributed by atoms with Gasteiger partial charge in [-0.05, 0) is 54.8 Å². The summed E-state index contributed by atoms with van der Waals surface area (Å²) in [4.78, 5) is 22.2. The zero-order chi connectivity index (χ0) is 19.3. The van der Waals surface area contributed by atoms with E-state index in [4.69, 9.17) is 0 Å². The molecule has 0 unspecified atom stereocenters. The lowest BCUT2D eigenvalue weighted by Gasteiger charge is -2.15. The predicted octanol–water partition coefficient (Wildman–Crippen LogP) is 2.75. The lowest BCUT2D eigenvalue weighted by Crippen LogP contribution is -2.20. The zero-order valence-corrected chi connectivity index (χ0v) is 17.0. The number of hydrogen-bond acceptors (Lipinski definition) is 5. The van der Waals surface area contributed by atoms with Crippen LogP contribution in [-0.2, 0) is 7.05 Å². The van der Waals surface area contributed by atoms with E-state index in [1.165, 1.54) is 5.57 Å². The quantitative estimate of drug-likeness (QED) is 0.552. The van der Waals surface area contributed by atoms with Crippen molar-refractivity contribution in [1.29, 1.82) is 0 Å². The first-order chi connectivity index (χ1) is 13.6. The van der Waals surface area contributed by atoms with Gasteiger partial charge in [-0.3, -0.25) is 13.9 Å². The Morgan fingerprint density at radius 1 is 1.14 bits per heavy atom. The second-order valence-electron chi connectivity index (χ2n) is 7.14. The summed E-state index contributed by atoms with van der Waals surface area (Å²) in [5, 5.41) is 7.58. The van der Waals surface area contributed by atoms with Gasteiger partial charge < -0.3 is 5.32 Å². The molecule has 5 heterocycles. The highest BCUT2D eigenvalue weighted by molar-refractivity contribution is 5.85. The topological polar surface area (TPSA) is 77.1 Å². The van der Waals surface area contributed by atoms with Crippen molar-refractivity contribution in [2.75, 3.05) is 13.1 Å². The second kappa shape index (κ2) is 7.42. The molecule has 1 N–H and O–H groups in total. The number of nitrogens with zero attached hydrogens (tertiary/aromatic N) is 5. The van der Waals surface area contributed by atoms with E-state index in [0.717, 1.165) is 41.7 Å². The van der Waals surface area contributed by atoms with Crippen LogP contribution in [0.4, 0.5) is 0 Å². The molecule has 148 valence electrons. The molecule has 29 heavy (non-hydrogen) atoms. The summed E-state index contributed by atoms with van der Waals surface area (Å²) in [6.45, 7) is 3.83. The van der Waals surface area contributed by atoms with Crippen molar-refractivity contribution in [2.24, 2.45) is 7.05 Å². The van der Waals surface area contributed by atoms with E-state index in [1.54, 1.807) is 21.3 Å². The molecule has 4 aromatic rings. The van der Waals surface area contributed by atoms with Gasteiger partial charge in [-0.2, -0.15) is 5.10 Å². The first-order valence-corrected chi connectivity index (χ1v) is 9.33. The molecule has 0 fully saturated rings. The van der Waals surface area contributed by atoms with Crippen LogP contribution in [0.15, 0.2) is 47.5 Å². The SMILES string of the molecule is Cc1cc(-c2cc(=O)n3cc(C4=CCNCC4)ccc3n2)nc2cnn(C)c12.Cl. The molecule has 0 bridgehead atoms. The molecule has 0 aromatic carbocycles. The largest absolute Gasteiger partial charge is 0.313 e. The number of halogens is 1. The number of rotatable bonds is 2. The van der Waals surface area contributed by atoms with Crippen LogP contribution in [0.2, 0.25) is 0 Å². The van der Waals surface area contributed by atoms with Crippen molar-refractivity contribution in [2.45, 2.75) is 13.3 Å². The van der Waals surface area contributed by atoms with E-state index in [9.17, 15) is 4.79 Å². The average Bonchev–Trinajstić information content (AvgIpc) is 3.09. The Balaban J connectivity index is 0.00000205. The van der Waals surface area contributed by atoms with Gasteiger partial charge in [-0.25, -0.2) is 9.97 Å². The maximum Gasteiger partial charge on any atom is 0.258 e. The van der Waals surface area contributed by atoms with Crippen molar-refractivity contribution in [3.05, 3.63) is 64.2 Å². The Morgan fingerprint density at radius 2 is 1.97 bits per heavy atom. The standard InChI is InChI=1S/C21H20N6O.ClH/c1-13-9-16(24-18-11-23-26(2)21(13)18)17-10-20(28)27-12-15(3-4-19(27)25-17)14-5-7-22-8-6-14;/h3-5,9-12,22H,6-8H2,1-2H3;1H. The second-order valence-corrected chi connectivity index (χ2v) is 7.14. The molecule has 5 rings (SSSR count). The highest BCUT2D eigenvalue weighted by Gasteiger charge is 2.13. The number of aryl methyl sites for hydroxylation is 2.